The Balaban J connectivity index is 0.000000640. The van der Waals surface area contributed by atoms with Crippen LogP contribution in [0.25, 0.3) is 0 Å². The van der Waals surface area contributed by atoms with Crippen molar-refractivity contribution in [2.24, 2.45) is 0 Å². The van der Waals surface area contributed by atoms with E-state index < -0.39 is 10.1 Å². The Hall–Kier alpha value is 0.467. The number of rotatable bonds is 2. The second kappa shape index (κ2) is 3.04. The molecule has 1 fully saturated rings. The fourth-order valence-electron chi connectivity index (χ4n) is 0.455. The first-order chi connectivity index (χ1) is 3.58. The minimum absolute atomic E-state index is 0. The van der Waals surface area contributed by atoms with Gasteiger partial charge in [0.15, 0.2) is 0 Å². The molecule has 0 radical (unpaired) electrons. The van der Waals surface area contributed by atoms with Gasteiger partial charge in [0.2, 0.25) is 0 Å². The molecule has 6 heteroatoms. The van der Waals surface area contributed by atoms with Gasteiger partial charge in [0.1, 0.15) is 0 Å². The van der Waals surface area contributed by atoms with E-state index in [9.17, 15) is 8.42 Å². The number of hydrogen-bond donors (Lipinski definition) is 2. The van der Waals surface area contributed by atoms with Crippen molar-refractivity contribution in [3.63, 3.8) is 0 Å². The molecule has 1 saturated heterocycles. The standard InChI is InChI=1S/C3H7NO3S.Li.H/c5-8(6,7)2-3-1-4-3;;/h3-4H,1-2H2,(H,5,6,7);;. The van der Waals surface area contributed by atoms with Crippen molar-refractivity contribution in [1.29, 1.82) is 0 Å². The predicted molar refractivity (Wildman–Crippen MR) is 35.4 cm³/mol. The zero-order valence-electron chi connectivity index (χ0n) is 4.16. The molecule has 0 aliphatic carbocycles. The third-order valence-electron chi connectivity index (χ3n) is 0.905. The van der Waals surface area contributed by atoms with Crippen molar-refractivity contribution in [3.8, 4) is 0 Å². The van der Waals surface area contributed by atoms with Crippen LogP contribution in [-0.2, 0) is 10.1 Å². The van der Waals surface area contributed by atoms with Crippen LogP contribution in [0, 0.1) is 0 Å². The zero-order chi connectivity index (χ0) is 6.20. The van der Waals surface area contributed by atoms with Crippen molar-refractivity contribution in [2.75, 3.05) is 12.3 Å². The number of hydrogen-bond acceptors (Lipinski definition) is 3. The normalized spacial score (nSPS) is 24.8. The van der Waals surface area contributed by atoms with Crippen molar-refractivity contribution in [2.45, 2.75) is 6.04 Å². The van der Waals surface area contributed by atoms with E-state index in [1.54, 1.807) is 0 Å². The van der Waals surface area contributed by atoms with Crippen LogP contribution in [-0.4, -0.2) is 50.2 Å². The van der Waals surface area contributed by atoms with E-state index in [-0.39, 0.29) is 30.7 Å². The Morgan fingerprint density at radius 3 is 2.22 bits per heavy atom. The summed E-state index contributed by atoms with van der Waals surface area (Å²) in [5, 5.41) is 2.75. The van der Waals surface area contributed by atoms with Gasteiger partial charge in [-0.3, -0.25) is 4.55 Å². The predicted octanol–water partition coefficient (Wildman–Crippen LogP) is -1.80. The molecule has 0 aromatic rings. The molecule has 0 amide bonds. The van der Waals surface area contributed by atoms with Gasteiger partial charge in [-0.25, -0.2) is 0 Å². The van der Waals surface area contributed by atoms with Gasteiger partial charge in [-0.2, -0.15) is 8.42 Å². The van der Waals surface area contributed by atoms with Crippen molar-refractivity contribution in [1.82, 2.24) is 5.32 Å². The molecule has 0 aromatic carbocycles. The van der Waals surface area contributed by atoms with E-state index in [1.807, 2.05) is 0 Å². The summed E-state index contributed by atoms with van der Waals surface area (Å²) in [6.45, 7) is 0.708. The van der Waals surface area contributed by atoms with Gasteiger partial charge in [0.25, 0.3) is 10.1 Å². The van der Waals surface area contributed by atoms with E-state index >= 15 is 0 Å². The van der Waals surface area contributed by atoms with E-state index in [1.165, 1.54) is 0 Å². The van der Waals surface area contributed by atoms with E-state index in [4.69, 9.17) is 4.55 Å². The first-order valence-corrected chi connectivity index (χ1v) is 3.87. The molecule has 0 spiro atoms. The van der Waals surface area contributed by atoms with Crippen molar-refractivity contribution < 1.29 is 13.0 Å². The van der Waals surface area contributed by atoms with Crippen LogP contribution in [0.1, 0.15) is 0 Å². The fraction of sp³-hybridized carbons (Fsp3) is 1.00. The van der Waals surface area contributed by atoms with Gasteiger partial charge in [0.05, 0.1) is 5.75 Å². The molecule has 0 saturated carbocycles. The average molecular weight is 145 g/mol. The summed E-state index contributed by atoms with van der Waals surface area (Å²) in [7, 11) is -3.72. The molecule has 1 heterocycles. The van der Waals surface area contributed by atoms with Gasteiger partial charge < -0.3 is 5.32 Å². The minimum atomic E-state index is -3.72. The molecule has 1 rings (SSSR count). The van der Waals surface area contributed by atoms with Crippen molar-refractivity contribution in [3.05, 3.63) is 0 Å². The Bertz CT molecular complexity index is 173. The third-order valence-corrected chi connectivity index (χ3v) is 1.73. The van der Waals surface area contributed by atoms with Gasteiger partial charge in [0, 0.05) is 12.6 Å². The summed E-state index contributed by atoms with van der Waals surface area (Å²) in [4.78, 5) is 0. The van der Waals surface area contributed by atoms with E-state index in [0.29, 0.717) is 6.54 Å². The topological polar surface area (TPSA) is 76.3 Å². The maximum absolute atomic E-state index is 10.00. The zero-order valence-corrected chi connectivity index (χ0v) is 4.98. The second-order valence-electron chi connectivity index (χ2n) is 1.85. The molecule has 9 heavy (non-hydrogen) atoms. The van der Waals surface area contributed by atoms with Gasteiger partial charge >= 0.3 is 18.9 Å². The van der Waals surface area contributed by atoms with Crippen LogP contribution >= 0.6 is 0 Å². The van der Waals surface area contributed by atoms with Gasteiger partial charge in [-0.15, -0.1) is 0 Å². The average Bonchev–Trinajstić information content (AvgIpc) is 2.12. The number of nitrogens with one attached hydrogen (secondary N) is 1. The Labute approximate surface area is 65.9 Å². The summed E-state index contributed by atoms with van der Waals surface area (Å²) in [6.07, 6.45) is 0. The Kier molecular flexibility index (Phi) is 3.20. The molecule has 1 aliphatic rings. The molecule has 1 unspecified atom stereocenters. The quantitative estimate of drug-likeness (QED) is 0.273. The molecule has 0 aromatic heterocycles. The van der Waals surface area contributed by atoms with Crippen LogP contribution in [0.15, 0.2) is 0 Å². The molecule has 1 aliphatic heterocycles. The second-order valence-corrected chi connectivity index (χ2v) is 3.35. The molecule has 1 atom stereocenters. The summed E-state index contributed by atoms with van der Waals surface area (Å²) < 4.78 is 28.2. The van der Waals surface area contributed by atoms with Crippen LogP contribution in [0.2, 0.25) is 0 Å². The van der Waals surface area contributed by atoms with Gasteiger partial charge in [-0.1, -0.05) is 0 Å². The van der Waals surface area contributed by atoms with E-state index in [0.717, 1.165) is 0 Å². The molecular weight excluding hydrogens is 137 g/mol. The summed E-state index contributed by atoms with van der Waals surface area (Å²) >= 11 is 0. The Morgan fingerprint density at radius 2 is 2.11 bits per heavy atom. The molecule has 50 valence electrons. The van der Waals surface area contributed by atoms with Gasteiger partial charge in [-0.05, 0) is 0 Å². The summed E-state index contributed by atoms with van der Waals surface area (Å²) in [6, 6.07) is 0.00463. The SMILES string of the molecule is O=S(=O)(O)CC1CN1.[LiH]. The maximum atomic E-state index is 10.00. The van der Waals surface area contributed by atoms with E-state index in [2.05, 4.69) is 5.32 Å². The first-order valence-electron chi connectivity index (χ1n) is 2.26. The van der Waals surface area contributed by atoms with Crippen LogP contribution in [0.4, 0.5) is 0 Å². The first kappa shape index (κ1) is 9.47. The van der Waals surface area contributed by atoms with Crippen molar-refractivity contribution >= 4 is 29.0 Å². The van der Waals surface area contributed by atoms with Crippen LogP contribution < -0.4 is 5.32 Å². The van der Waals surface area contributed by atoms with Crippen LogP contribution in [0.5, 0.6) is 0 Å². The monoisotopic (exact) mass is 145 g/mol. The molecule has 2 N–H and O–H groups in total. The molecule has 0 bridgehead atoms. The third kappa shape index (κ3) is 4.94. The summed E-state index contributed by atoms with van der Waals surface area (Å²) in [5.41, 5.74) is 0. The Morgan fingerprint density at radius 1 is 1.67 bits per heavy atom. The molecular formula is C3H8LiNO3S. The fourth-order valence-corrected chi connectivity index (χ4v) is 1.20. The summed E-state index contributed by atoms with van der Waals surface area (Å²) in [5.74, 6) is -0.146. The molecule has 4 nitrogen and oxygen atoms in total. The van der Waals surface area contributed by atoms with Crippen LogP contribution in [0.3, 0.4) is 0 Å².